The summed E-state index contributed by atoms with van der Waals surface area (Å²) >= 11 is 3.28. The summed E-state index contributed by atoms with van der Waals surface area (Å²) in [5.74, 6) is -1.05. The van der Waals surface area contributed by atoms with E-state index < -0.39 is 21.8 Å². The van der Waals surface area contributed by atoms with Crippen molar-refractivity contribution in [2.24, 2.45) is 5.73 Å². The molecule has 7 nitrogen and oxygen atoms in total. The molecular weight excluding hydrogens is 434 g/mol. The molecule has 27 heavy (non-hydrogen) atoms. The van der Waals surface area contributed by atoms with Gasteiger partial charge in [0.25, 0.3) is 5.91 Å². The fourth-order valence-electron chi connectivity index (χ4n) is 2.47. The molecule has 0 heterocycles. The number of carbonyl (C=O) groups excluding carboxylic acids is 2. The van der Waals surface area contributed by atoms with Crippen LogP contribution in [0.1, 0.15) is 34.6 Å². The van der Waals surface area contributed by atoms with Crippen molar-refractivity contribution in [3.05, 3.63) is 58.1 Å². The highest BCUT2D eigenvalue weighted by Crippen LogP contribution is 2.24. The van der Waals surface area contributed by atoms with E-state index in [1.807, 2.05) is 0 Å². The summed E-state index contributed by atoms with van der Waals surface area (Å²) in [6.45, 7) is 4.18. The van der Waals surface area contributed by atoms with Crippen molar-refractivity contribution >= 4 is 43.5 Å². The number of hydrogen-bond donors (Lipinski definition) is 2. The maximum Gasteiger partial charge on any atom is 0.256 e. The molecule has 0 atom stereocenters. The SMILES string of the molecule is CCN(CC)S(=O)(=O)c1ccc(Br)c(C(=O)Nc2ccc(C(N)=O)cc2)c1. The van der Waals surface area contributed by atoms with Gasteiger partial charge >= 0.3 is 0 Å². The van der Waals surface area contributed by atoms with E-state index in [1.165, 1.54) is 34.6 Å². The Labute approximate surface area is 166 Å². The number of benzene rings is 2. The molecule has 0 aliphatic carbocycles. The van der Waals surface area contributed by atoms with Crippen LogP contribution in [0, 0.1) is 0 Å². The molecule has 0 saturated carbocycles. The highest BCUT2D eigenvalue weighted by atomic mass is 79.9. The molecule has 9 heteroatoms. The van der Waals surface area contributed by atoms with Gasteiger partial charge in [0.05, 0.1) is 10.5 Å². The highest BCUT2D eigenvalue weighted by molar-refractivity contribution is 9.10. The zero-order chi connectivity index (χ0) is 20.2. The topological polar surface area (TPSA) is 110 Å². The first kappa shape index (κ1) is 21.1. The molecular formula is C18H20BrN3O4S. The van der Waals surface area contributed by atoms with E-state index >= 15 is 0 Å². The van der Waals surface area contributed by atoms with Crippen LogP contribution in [-0.2, 0) is 10.0 Å². The van der Waals surface area contributed by atoms with Crippen LogP contribution in [0.4, 0.5) is 5.69 Å². The summed E-state index contributed by atoms with van der Waals surface area (Å²) in [4.78, 5) is 23.8. The number of carbonyl (C=O) groups is 2. The number of sulfonamides is 1. The Bertz CT molecular complexity index is 955. The summed E-state index contributed by atoms with van der Waals surface area (Å²) in [5.41, 5.74) is 6.14. The van der Waals surface area contributed by atoms with Gasteiger partial charge in [-0.3, -0.25) is 9.59 Å². The second-order valence-corrected chi connectivity index (χ2v) is 8.42. The average Bonchev–Trinajstić information content (AvgIpc) is 2.63. The van der Waals surface area contributed by atoms with E-state index in [4.69, 9.17) is 5.73 Å². The van der Waals surface area contributed by atoms with Gasteiger partial charge in [-0.15, -0.1) is 0 Å². The number of amides is 2. The molecule has 0 aliphatic heterocycles. The van der Waals surface area contributed by atoms with Crippen LogP contribution in [0.3, 0.4) is 0 Å². The second-order valence-electron chi connectivity index (χ2n) is 5.63. The average molecular weight is 454 g/mol. The predicted octanol–water partition coefficient (Wildman–Crippen LogP) is 2.83. The fraction of sp³-hybridized carbons (Fsp3) is 0.222. The van der Waals surface area contributed by atoms with Crippen molar-refractivity contribution in [2.75, 3.05) is 18.4 Å². The first-order valence-electron chi connectivity index (χ1n) is 8.21. The lowest BCUT2D eigenvalue weighted by Gasteiger charge is -2.19. The molecule has 3 N–H and O–H groups in total. The molecule has 0 bridgehead atoms. The number of rotatable bonds is 7. The maximum atomic E-state index is 12.7. The van der Waals surface area contributed by atoms with Gasteiger partial charge in [0.1, 0.15) is 0 Å². The first-order chi connectivity index (χ1) is 12.7. The van der Waals surface area contributed by atoms with E-state index in [2.05, 4.69) is 21.2 Å². The zero-order valence-corrected chi connectivity index (χ0v) is 17.3. The molecule has 2 aromatic rings. The molecule has 0 saturated heterocycles. The summed E-state index contributed by atoms with van der Waals surface area (Å²) in [5, 5.41) is 2.67. The van der Waals surface area contributed by atoms with Gasteiger partial charge in [-0.25, -0.2) is 8.42 Å². The van der Waals surface area contributed by atoms with Gasteiger partial charge in [0.15, 0.2) is 0 Å². The van der Waals surface area contributed by atoms with Gasteiger partial charge in [-0.1, -0.05) is 13.8 Å². The number of halogens is 1. The van der Waals surface area contributed by atoms with Crippen molar-refractivity contribution in [2.45, 2.75) is 18.7 Å². The molecule has 0 unspecified atom stereocenters. The van der Waals surface area contributed by atoms with Crippen LogP contribution < -0.4 is 11.1 Å². The van der Waals surface area contributed by atoms with E-state index in [9.17, 15) is 18.0 Å². The summed E-state index contributed by atoms with van der Waals surface area (Å²) in [7, 11) is -3.68. The van der Waals surface area contributed by atoms with Crippen LogP contribution in [0.15, 0.2) is 51.8 Å². The smallest absolute Gasteiger partial charge is 0.256 e. The molecule has 2 aromatic carbocycles. The standard InChI is InChI=1S/C18H20BrN3O4S/c1-3-22(4-2)27(25,26)14-9-10-16(19)15(11-14)18(24)21-13-7-5-12(6-8-13)17(20)23/h5-11H,3-4H2,1-2H3,(H2,20,23)(H,21,24). The van der Waals surface area contributed by atoms with E-state index in [0.717, 1.165) is 0 Å². The zero-order valence-electron chi connectivity index (χ0n) is 14.9. The fourth-order valence-corrected chi connectivity index (χ4v) is 4.38. The molecule has 0 radical (unpaired) electrons. The van der Waals surface area contributed by atoms with Crippen LogP contribution in [0.5, 0.6) is 0 Å². The Kier molecular flexibility index (Phi) is 6.74. The van der Waals surface area contributed by atoms with E-state index in [-0.39, 0.29) is 10.5 Å². The highest BCUT2D eigenvalue weighted by Gasteiger charge is 2.23. The lowest BCUT2D eigenvalue weighted by atomic mass is 10.1. The van der Waals surface area contributed by atoms with Crippen molar-refractivity contribution in [3.8, 4) is 0 Å². The van der Waals surface area contributed by atoms with Crippen molar-refractivity contribution in [1.29, 1.82) is 0 Å². The normalized spacial score (nSPS) is 11.4. The monoisotopic (exact) mass is 453 g/mol. The third-order valence-corrected chi connectivity index (χ3v) is 6.69. The minimum atomic E-state index is -3.68. The van der Waals surface area contributed by atoms with Gasteiger partial charge < -0.3 is 11.1 Å². The third-order valence-electron chi connectivity index (χ3n) is 3.95. The Hall–Kier alpha value is -2.23. The van der Waals surface area contributed by atoms with E-state index in [1.54, 1.807) is 26.0 Å². The Morgan fingerprint density at radius 2 is 1.67 bits per heavy atom. The molecule has 0 spiro atoms. The number of nitrogens with zero attached hydrogens (tertiary/aromatic N) is 1. The lowest BCUT2D eigenvalue weighted by molar-refractivity contribution is 0.0998. The van der Waals surface area contributed by atoms with Crippen molar-refractivity contribution in [1.82, 2.24) is 4.31 Å². The van der Waals surface area contributed by atoms with Crippen LogP contribution in [0.25, 0.3) is 0 Å². The Morgan fingerprint density at radius 3 is 2.19 bits per heavy atom. The first-order valence-corrected chi connectivity index (χ1v) is 10.4. The van der Waals surface area contributed by atoms with Crippen molar-refractivity contribution in [3.63, 3.8) is 0 Å². The molecule has 2 rings (SSSR count). The Morgan fingerprint density at radius 1 is 1.07 bits per heavy atom. The molecule has 0 fully saturated rings. The number of anilines is 1. The number of nitrogens with one attached hydrogen (secondary N) is 1. The largest absolute Gasteiger partial charge is 0.366 e. The van der Waals surface area contributed by atoms with Gasteiger partial charge in [0.2, 0.25) is 15.9 Å². The maximum absolute atomic E-state index is 12.7. The van der Waals surface area contributed by atoms with Gasteiger partial charge in [0, 0.05) is 28.8 Å². The van der Waals surface area contributed by atoms with Crippen LogP contribution >= 0.6 is 15.9 Å². The van der Waals surface area contributed by atoms with Crippen LogP contribution in [0.2, 0.25) is 0 Å². The molecule has 2 amide bonds. The summed E-state index contributed by atoms with van der Waals surface area (Å²) in [6.07, 6.45) is 0. The second kappa shape index (κ2) is 8.64. The molecule has 0 aromatic heterocycles. The van der Waals surface area contributed by atoms with Crippen molar-refractivity contribution < 1.29 is 18.0 Å². The third kappa shape index (κ3) is 4.74. The summed E-state index contributed by atoms with van der Waals surface area (Å²) in [6, 6.07) is 10.4. The van der Waals surface area contributed by atoms with E-state index in [0.29, 0.717) is 28.8 Å². The minimum Gasteiger partial charge on any atom is -0.366 e. The Balaban J connectivity index is 2.32. The number of primary amides is 1. The molecule has 0 aliphatic rings. The predicted molar refractivity (Wildman–Crippen MR) is 107 cm³/mol. The lowest BCUT2D eigenvalue weighted by Crippen LogP contribution is -2.30. The number of nitrogens with two attached hydrogens (primary N) is 1. The molecule has 144 valence electrons. The minimum absolute atomic E-state index is 0.0450. The van der Waals surface area contributed by atoms with Crippen LogP contribution in [-0.4, -0.2) is 37.6 Å². The number of hydrogen-bond acceptors (Lipinski definition) is 4. The van der Waals surface area contributed by atoms with Gasteiger partial charge in [-0.2, -0.15) is 4.31 Å². The summed E-state index contributed by atoms with van der Waals surface area (Å²) < 4.78 is 27.1. The van der Waals surface area contributed by atoms with Gasteiger partial charge in [-0.05, 0) is 58.4 Å². The quantitative estimate of drug-likeness (QED) is 0.671.